The van der Waals surface area contributed by atoms with Gasteiger partial charge in [0.1, 0.15) is 0 Å². The molecule has 1 saturated heterocycles. The zero-order chi connectivity index (χ0) is 13.7. The van der Waals surface area contributed by atoms with Crippen molar-refractivity contribution in [3.8, 4) is 0 Å². The molecular weight excluding hydrogens is 268 g/mol. The smallest absolute Gasteiger partial charge is 0.274 e. The summed E-state index contributed by atoms with van der Waals surface area (Å²) in [4.78, 5) is 16.2. The molecule has 6 nitrogen and oxygen atoms in total. The number of hydrogen-bond acceptors (Lipinski definition) is 5. The Hall–Kier alpha value is -1.24. The van der Waals surface area contributed by atoms with Crippen LogP contribution < -0.4 is 0 Å². The number of carbonyl (C=O) groups is 1. The van der Waals surface area contributed by atoms with Crippen molar-refractivity contribution in [1.82, 2.24) is 20.0 Å². The molecule has 1 aliphatic heterocycles. The van der Waals surface area contributed by atoms with Crippen LogP contribution in [0.4, 0.5) is 0 Å². The second-order valence-electron chi connectivity index (χ2n) is 4.45. The molecule has 104 valence electrons. The van der Waals surface area contributed by atoms with Crippen LogP contribution >= 0.6 is 11.6 Å². The van der Waals surface area contributed by atoms with Gasteiger partial charge in [0.2, 0.25) is 0 Å². The Kier molecular flexibility index (Phi) is 5.07. The Morgan fingerprint density at radius 3 is 2.79 bits per heavy atom. The first kappa shape index (κ1) is 14.2. The molecule has 2 heterocycles. The summed E-state index contributed by atoms with van der Waals surface area (Å²) in [6.45, 7) is 3.82. The molecule has 0 radical (unpaired) electrons. The van der Waals surface area contributed by atoms with Gasteiger partial charge in [-0.3, -0.25) is 9.69 Å². The van der Waals surface area contributed by atoms with Crippen LogP contribution in [0.1, 0.15) is 16.9 Å². The van der Waals surface area contributed by atoms with E-state index < -0.39 is 0 Å². The van der Waals surface area contributed by atoms with E-state index in [0.717, 1.165) is 19.5 Å². The van der Waals surface area contributed by atoms with Gasteiger partial charge in [0.15, 0.2) is 10.8 Å². The van der Waals surface area contributed by atoms with Gasteiger partial charge in [0, 0.05) is 26.2 Å². The summed E-state index contributed by atoms with van der Waals surface area (Å²) in [5.41, 5.74) is 0.319. The number of β-amino-alcohol motifs (C(OH)–C–C–N with tert-alkyl or cyclic N) is 1. The van der Waals surface area contributed by atoms with Crippen LogP contribution in [0.2, 0.25) is 5.15 Å². The van der Waals surface area contributed by atoms with Crippen molar-refractivity contribution in [2.45, 2.75) is 6.42 Å². The van der Waals surface area contributed by atoms with Gasteiger partial charge in [-0.2, -0.15) is 0 Å². The lowest BCUT2D eigenvalue weighted by molar-refractivity contribution is 0.0753. The lowest BCUT2D eigenvalue weighted by Gasteiger charge is -2.20. The molecule has 0 aliphatic carbocycles. The molecule has 1 aromatic rings. The van der Waals surface area contributed by atoms with Gasteiger partial charge >= 0.3 is 0 Å². The third-order valence-corrected chi connectivity index (χ3v) is 3.34. The summed E-state index contributed by atoms with van der Waals surface area (Å²) in [6, 6.07) is 3.16. The Labute approximate surface area is 117 Å². The van der Waals surface area contributed by atoms with Crippen molar-refractivity contribution in [3.63, 3.8) is 0 Å². The van der Waals surface area contributed by atoms with Crippen molar-refractivity contribution in [3.05, 3.63) is 23.0 Å². The topological polar surface area (TPSA) is 69.6 Å². The SMILES string of the molecule is O=C(c1ccc(Cl)nn1)N1CCCN(CCO)CC1. The number of rotatable bonds is 3. The van der Waals surface area contributed by atoms with E-state index in [-0.39, 0.29) is 17.7 Å². The molecule has 0 aromatic carbocycles. The number of hydrogen-bond donors (Lipinski definition) is 1. The van der Waals surface area contributed by atoms with Gasteiger partial charge in [0.25, 0.3) is 5.91 Å². The molecule has 1 aromatic heterocycles. The molecule has 0 unspecified atom stereocenters. The zero-order valence-electron chi connectivity index (χ0n) is 10.6. The number of amides is 1. The van der Waals surface area contributed by atoms with Crippen LogP contribution in [-0.2, 0) is 0 Å². The molecule has 1 fully saturated rings. The molecule has 0 saturated carbocycles. The summed E-state index contributed by atoms with van der Waals surface area (Å²) in [6.07, 6.45) is 0.896. The first-order valence-electron chi connectivity index (χ1n) is 6.32. The monoisotopic (exact) mass is 284 g/mol. The number of halogens is 1. The molecule has 0 spiro atoms. The standard InChI is InChI=1S/C12H17ClN4O2/c13-11-3-2-10(14-15-11)12(19)17-5-1-4-16(6-7-17)8-9-18/h2-3,18H,1,4-9H2. The molecule has 1 aliphatic rings. The lowest BCUT2D eigenvalue weighted by atomic mass is 10.3. The fraction of sp³-hybridized carbons (Fsp3) is 0.583. The second kappa shape index (κ2) is 6.79. The van der Waals surface area contributed by atoms with Gasteiger partial charge in [-0.05, 0) is 25.1 Å². The average Bonchev–Trinajstić information content (AvgIpc) is 2.65. The van der Waals surface area contributed by atoms with Crippen molar-refractivity contribution >= 4 is 17.5 Å². The second-order valence-corrected chi connectivity index (χ2v) is 4.84. The minimum atomic E-state index is -0.116. The minimum Gasteiger partial charge on any atom is -0.395 e. The van der Waals surface area contributed by atoms with Crippen molar-refractivity contribution in [1.29, 1.82) is 0 Å². The van der Waals surface area contributed by atoms with E-state index in [2.05, 4.69) is 15.1 Å². The fourth-order valence-corrected chi connectivity index (χ4v) is 2.23. The number of aromatic nitrogens is 2. The van der Waals surface area contributed by atoms with Crippen molar-refractivity contribution < 1.29 is 9.90 Å². The van der Waals surface area contributed by atoms with Crippen LogP contribution in [0.5, 0.6) is 0 Å². The molecule has 19 heavy (non-hydrogen) atoms. The predicted molar refractivity (Wildman–Crippen MR) is 71.1 cm³/mol. The maximum atomic E-state index is 12.2. The summed E-state index contributed by atoms with van der Waals surface area (Å²) >= 11 is 5.65. The van der Waals surface area contributed by atoms with Crippen LogP contribution in [-0.4, -0.2) is 70.3 Å². The zero-order valence-corrected chi connectivity index (χ0v) is 11.4. The number of aliphatic hydroxyl groups is 1. The van der Waals surface area contributed by atoms with E-state index in [4.69, 9.17) is 16.7 Å². The predicted octanol–water partition coefficient (Wildman–Crippen LogP) is 0.270. The van der Waals surface area contributed by atoms with E-state index >= 15 is 0 Å². The van der Waals surface area contributed by atoms with Gasteiger partial charge in [-0.25, -0.2) is 0 Å². The minimum absolute atomic E-state index is 0.116. The first-order chi connectivity index (χ1) is 9.20. The molecule has 7 heteroatoms. The van der Waals surface area contributed by atoms with Crippen LogP contribution in [0.3, 0.4) is 0 Å². The van der Waals surface area contributed by atoms with Gasteiger partial charge < -0.3 is 10.0 Å². The first-order valence-corrected chi connectivity index (χ1v) is 6.70. The molecular formula is C12H17ClN4O2. The van der Waals surface area contributed by atoms with E-state index in [9.17, 15) is 4.79 Å². The number of carbonyl (C=O) groups excluding carboxylic acids is 1. The number of nitrogens with zero attached hydrogens (tertiary/aromatic N) is 4. The maximum Gasteiger partial charge on any atom is 0.274 e. The van der Waals surface area contributed by atoms with Crippen LogP contribution in [0.25, 0.3) is 0 Å². The Balaban J connectivity index is 1.98. The molecule has 0 atom stereocenters. The van der Waals surface area contributed by atoms with E-state index in [1.807, 2.05) is 0 Å². The highest BCUT2D eigenvalue weighted by molar-refractivity contribution is 6.29. The fourth-order valence-electron chi connectivity index (χ4n) is 2.13. The maximum absolute atomic E-state index is 12.2. The summed E-state index contributed by atoms with van der Waals surface area (Å²) in [7, 11) is 0. The summed E-state index contributed by atoms with van der Waals surface area (Å²) < 4.78 is 0. The molecule has 2 rings (SSSR count). The van der Waals surface area contributed by atoms with Gasteiger partial charge in [0.05, 0.1) is 6.61 Å². The third-order valence-electron chi connectivity index (χ3n) is 3.14. The Bertz CT molecular complexity index is 426. The summed E-state index contributed by atoms with van der Waals surface area (Å²) in [5.74, 6) is -0.116. The van der Waals surface area contributed by atoms with Crippen LogP contribution in [0, 0.1) is 0 Å². The molecule has 0 bridgehead atoms. The highest BCUT2D eigenvalue weighted by atomic mass is 35.5. The van der Waals surface area contributed by atoms with Gasteiger partial charge in [-0.1, -0.05) is 11.6 Å². The number of aliphatic hydroxyl groups excluding tert-OH is 1. The van der Waals surface area contributed by atoms with E-state index in [1.54, 1.807) is 17.0 Å². The highest BCUT2D eigenvalue weighted by Crippen LogP contribution is 2.09. The summed E-state index contributed by atoms with van der Waals surface area (Å²) in [5, 5.41) is 16.7. The average molecular weight is 285 g/mol. The highest BCUT2D eigenvalue weighted by Gasteiger charge is 2.21. The Morgan fingerprint density at radius 1 is 1.26 bits per heavy atom. The van der Waals surface area contributed by atoms with E-state index in [1.165, 1.54) is 0 Å². The lowest BCUT2D eigenvalue weighted by Crippen LogP contribution is -2.36. The van der Waals surface area contributed by atoms with Crippen LogP contribution in [0.15, 0.2) is 12.1 Å². The van der Waals surface area contributed by atoms with Crippen molar-refractivity contribution in [2.24, 2.45) is 0 Å². The normalized spacial score (nSPS) is 17.3. The van der Waals surface area contributed by atoms with Gasteiger partial charge in [-0.15, -0.1) is 10.2 Å². The Morgan fingerprint density at radius 2 is 2.11 bits per heavy atom. The van der Waals surface area contributed by atoms with Crippen molar-refractivity contribution in [2.75, 3.05) is 39.3 Å². The molecule has 1 N–H and O–H groups in total. The third kappa shape index (κ3) is 3.86. The largest absolute Gasteiger partial charge is 0.395 e. The van der Waals surface area contributed by atoms with E-state index in [0.29, 0.717) is 25.3 Å². The molecule has 1 amide bonds. The quantitative estimate of drug-likeness (QED) is 0.863.